The number of benzene rings is 1. The van der Waals surface area contributed by atoms with Crippen molar-refractivity contribution in [3.05, 3.63) is 47.2 Å². The van der Waals surface area contributed by atoms with Crippen molar-refractivity contribution >= 4 is 5.82 Å². The van der Waals surface area contributed by atoms with Gasteiger partial charge in [0, 0.05) is 43.9 Å². The molecule has 2 aliphatic heterocycles. The van der Waals surface area contributed by atoms with Crippen LogP contribution in [0.15, 0.2) is 30.3 Å². The number of hydrogen-bond acceptors (Lipinski definition) is 5. The lowest BCUT2D eigenvalue weighted by Crippen LogP contribution is -2.51. The Morgan fingerprint density at radius 3 is 2.73 bits per heavy atom. The summed E-state index contributed by atoms with van der Waals surface area (Å²) in [7, 11) is 0. The third kappa shape index (κ3) is 3.68. The summed E-state index contributed by atoms with van der Waals surface area (Å²) < 4.78 is 5.57. The third-order valence-electron chi connectivity index (χ3n) is 5.22. The molecule has 1 aromatic heterocycles. The molecule has 26 heavy (non-hydrogen) atoms. The number of anilines is 1. The zero-order valence-corrected chi connectivity index (χ0v) is 16.0. The Labute approximate surface area is 155 Å². The minimum Gasteiger partial charge on any atom is -0.493 e. The standard InChI is InChI=1S/C21H28N4O/c1-21(2,3)19-6-7-20(24-23-19)25-13-16(14-25)12-22-11-15-4-5-18-17(10-15)8-9-26-18/h4-7,10,16,22H,8-9,11-14H2,1-3H3. The van der Waals surface area contributed by atoms with Crippen LogP contribution in [0.3, 0.4) is 0 Å². The molecule has 5 heteroatoms. The zero-order chi connectivity index (χ0) is 18.1. The number of aromatic nitrogens is 2. The second-order valence-electron chi connectivity index (χ2n) is 8.47. The van der Waals surface area contributed by atoms with Crippen LogP contribution in [0.25, 0.3) is 0 Å². The van der Waals surface area contributed by atoms with Crippen LogP contribution < -0.4 is 15.0 Å². The molecule has 0 aliphatic carbocycles. The van der Waals surface area contributed by atoms with Gasteiger partial charge in [0.1, 0.15) is 5.75 Å². The van der Waals surface area contributed by atoms with Crippen LogP contribution in [0.1, 0.15) is 37.6 Å². The Hall–Kier alpha value is -2.14. The van der Waals surface area contributed by atoms with Crippen molar-refractivity contribution in [3.8, 4) is 5.75 Å². The molecule has 1 N–H and O–H groups in total. The lowest BCUT2D eigenvalue weighted by Gasteiger charge is -2.40. The molecule has 1 saturated heterocycles. The van der Waals surface area contributed by atoms with E-state index in [0.29, 0.717) is 5.92 Å². The molecule has 3 heterocycles. The molecule has 5 nitrogen and oxygen atoms in total. The molecule has 0 atom stereocenters. The third-order valence-corrected chi connectivity index (χ3v) is 5.22. The van der Waals surface area contributed by atoms with Gasteiger partial charge in [0.15, 0.2) is 5.82 Å². The molecule has 2 aromatic rings. The Bertz CT molecular complexity index is 761. The van der Waals surface area contributed by atoms with Crippen molar-refractivity contribution in [2.24, 2.45) is 5.92 Å². The highest BCUT2D eigenvalue weighted by Crippen LogP contribution is 2.26. The highest BCUT2D eigenvalue weighted by molar-refractivity contribution is 5.41. The van der Waals surface area contributed by atoms with Crippen LogP contribution >= 0.6 is 0 Å². The first kappa shape index (κ1) is 17.3. The summed E-state index contributed by atoms with van der Waals surface area (Å²) in [4.78, 5) is 2.30. The lowest BCUT2D eigenvalue weighted by atomic mass is 9.92. The minimum atomic E-state index is 0.0522. The SMILES string of the molecule is CC(C)(C)c1ccc(N2CC(CNCc3ccc4c(c3)CCO4)C2)nn1. The van der Waals surface area contributed by atoms with E-state index in [1.165, 1.54) is 11.1 Å². The number of nitrogens with one attached hydrogen (secondary N) is 1. The van der Waals surface area contributed by atoms with Crippen LogP contribution in [0.2, 0.25) is 0 Å². The van der Waals surface area contributed by atoms with E-state index in [-0.39, 0.29) is 5.41 Å². The Balaban J connectivity index is 1.22. The molecule has 0 amide bonds. The van der Waals surface area contributed by atoms with E-state index in [0.717, 1.165) is 56.5 Å². The lowest BCUT2D eigenvalue weighted by molar-refractivity contribution is 0.356. The van der Waals surface area contributed by atoms with E-state index in [2.05, 4.69) is 71.5 Å². The van der Waals surface area contributed by atoms with Crippen molar-refractivity contribution < 1.29 is 4.74 Å². The smallest absolute Gasteiger partial charge is 0.151 e. The Morgan fingerprint density at radius 1 is 1.15 bits per heavy atom. The number of rotatable bonds is 5. The highest BCUT2D eigenvalue weighted by Gasteiger charge is 2.28. The average molecular weight is 352 g/mol. The maximum Gasteiger partial charge on any atom is 0.151 e. The van der Waals surface area contributed by atoms with Crippen molar-refractivity contribution in [3.63, 3.8) is 0 Å². The highest BCUT2D eigenvalue weighted by atomic mass is 16.5. The van der Waals surface area contributed by atoms with Gasteiger partial charge in [-0.25, -0.2) is 0 Å². The van der Waals surface area contributed by atoms with E-state index < -0.39 is 0 Å². The second-order valence-corrected chi connectivity index (χ2v) is 8.47. The first-order valence-electron chi connectivity index (χ1n) is 9.53. The van der Waals surface area contributed by atoms with E-state index >= 15 is 0 Å². The maximum atomic E-state index is 5.57. The molecule has 0 unspecified atom stereocenters. The van der Waals surface area contributed by atoms with E-state index in [1.807, 2.05) is 0 Å². The Kier molecular flexibility index (Phi) is 4.57. The van der Waals surface area contributed by atoms with Crippen LogP contribution in [0.5, 0.6) is 5.75 Å². The molecule has 1 aromatic carbocycles. The van der Waals surface area contributed by atoms with Gasteiger partial charge in [0.2, 0.25) is 0 Å². The van der Waals surface area contributed by atoms with Crippen LogP contribution in [-0.2, 0) is 18.4 Å². The van der Waals surface area contributed by atoms with E-state index in [4.69, 9.17) is 4.74 Å². The average Bonchev–Trinajstić information content (AvgIpc) is 3.04. The first-order chi connectivity index (χ1) is 12.5. The van der Waals surface area contributed by atoms with Gasteiger partial charge in [0.05, 0.1) is 12.3 Å². The number of nitrogens with zero attached hydrogens (tertiary/aromatic N) is 3. The molecule has 0 radical (unpaired) electrons. The largest absolute Gasteiger partial charge is 0.493 e. The summed E-state index contributed by atoms with van der Waals surface area (Å²) in [6.07, 6.45) is 1.04. The Morgan fingerprint density at radius 2 is 2.00 bits per heavy atom. The summed E-state index contributed by atoms with van der Waals surface area (Å²) in [6, 6.07) is 10.7. The molecule has 0 spiro atoms. The fraction of sp³-hybridized carbons (Fsp3) is 0.524. The van der Waals surface area contributed by atoms with Crippen LogP contribution in [0, 0.1) is 5.92 Å². The molecule has 2 aliphatic rings. The summed E-state index contributed by atoms with van der Waals surface area (Å²) in [5.74, 6) is 2.73. The molecule has 0 bridgehead atoms. The number of fused-ring (bicyclic) bond motifs is 1. The molecule has 0 saturated carbocycles. The van der Waals surface area contributed by atoms with Crippen molar-refractivity contribution in [1.82, 2.24) is 15.5 Å². The van der Waals surface area contributed by atoms with Crippen LogP contribution in [-0.4, -0.2) is 36.4 Å². The van der Waals surface area contributed by atoms with Gasteiger partial charge < -0.3 is 15.0 Å². The predicted molar refractivity (Wildman–Crippen MR) is 104 cm³/mol. The molecular weight excluding hydrogens is 324 g/mol. The quantitative estimate of drug-likeness (QED) is 0.897. The molecule has 138 valence electrons. The van der Waals surface area contributed by atoms with Gasteiger partial charge in [-0.1, -0.05) is 32.9 Å². The predicted octanol–water partition coefficient (Wildman–Crippen LogP) is 2.94. The summed E-state index contributed by atoms with van der Waals surface area (Å²) >= 11 is 0. The number of hydrogen-bond donors (Lipinski definition) is 1. The molecular formula is C21H28N4O. The monoisotopic (exact) mass is 352 g/mol. The van der Waals surface area contributed by atoms with Gasteiger partial charge in [-0.05, 0) is 29.3 Å². The number of ether oxygens (including phenoxy) is 1. The van der Waals surface area contributed by atoms with Gasteiger partial charge in [-0.3, -0.25) is 0 Å². The van der Waals surface area contributed by atoms with Gasteiger partial charge in [-0.15, -0.1) is 5.10 Å². The fourth-order valence-corrected chi connectivity index (χ4v) is 3.55. The fourth-order valence-electron chi connectivity index (χ4n) is 3.55. The van der Waals surface area contributed by atoms with Crippen molar-refractivity contribution in [2.75, 3.05) is 31.1 Å². The van der Waals surface area contributed by atoms with Crippen molar-refractivity contribution in [2.45, 2.75) is 39.2 Å². The summed E-state index contributed by atoms with van der Waals surface area (Å²) in [6.45, 7) is 11.4. The maximum absolute atomic E-state index is 5.57. The van der Waals surface area contributed by atoms with Gasteiger partial charge in [-0.2, -0.15) is 5.10 Å². The van der Waals surface area contributed by atoms with Crippen molar-refractivity contribution in [1.29, 1.82) is 0 Å². The summed E-state index contributed by atoms with van der Waals surface area (Å²) in [5.41, 5.74) is 3.78. The second kappa shape index (κ2) is 6.88. The van der Waals surface area contributed by atoms with Gasteiger partial charge >= 0.3 is 0 Å². The first-order valence-corrected chi connectivity index (χ1v) is 9.53. The summed E-state index contributed by atoms with van der Waals surface area (Å²) in [5, 5.41) is 12.4. The molecule has 4 rings (SSSR count). The zero-order valence-electron chi connectivity index (χ0n) is 16.0. The minimum absolute atomic E-state index is 0.0522. The molecule has 1 fully saturated rings. The van der Waals surface area contributed by atoms with Gasteiger partial charge in [0.25, 0.3) is 0 Å². The van der Waals surface area contributed by atoms with E-state index in [1.54, 1.807) is 0 Å². The topological polar surface area (TPSA) is 50.3 Å². The van der Waals surface area contributed by atoms with E-state index in [9.17, 15) is 0 Å². The van der Waals surface area contributed by atoms with Crippen LogP contribution in [0.4, 0.5) is 5.82 Å². The normalized spacial score (nSPS) is 17.0.